The first kappa shape index (κ1) is 14.6. The van der Waals surface area contributed by atoms with Crippen LogP contribution in [0.5, 0.6) is 0 Å². The van der Waals surface area contributed by atoms with Crippen LogP contribution >= 0.6 is 23.2 Å². The van der Waals surface area contributed by atoms with Crippen molar-refractivity contribution in [2.45, 2.75) is 25.4 Å². The monoisotopic (exact) mass is 319 g/mol. The van der Waals surface area contributed by atoms with Gasteiger partial charge in [0.1, 0.15) is 0 Å². The number of ketones is 1. The highest BCUT2D eigenvalue weighted by Crippen LogP contribution is 2.26. The average Bonchev–Trinajstić information content (AvgIpc) is 2.50. The predicted molar refractivity (Wildman–Crippen MR) is 85.9 cm³/mol. The number of Topliss-reactive ketones (excluding diaryl/α,β-unsaturated/α-hetero) is 1. The zero-order valence-corrected chi connectivity index (χ0v) is 12.9. The molecular weight excluding hydrogens is 305 g/mol. The molecule has 0 bridgehead atoms. The molecule has 1 aliphatic heterocycles. The second-order valence-corrected chi connectivity index (χ2v) is 6.06. The van der Waals surface area contributed by atoms with Crippen molar-refractivity contribution < 1.29 is 4.79 Å². The largest absolute Gasteiger partial charge is 0.303 e. The molecule has 1 N–H and O–H groups in total. The molecule has 0 aliphatic carbocycles. The fourth-order valence-electron chi connectivity index (χ4n) is 2.68. The molecule has 0 radical (unpaired) electrons. The molecule has 1 heterocycles. The van der Waals surface area contributed by atoms with Gasteiger partial charge in [0.15, 0.2) is 5.78 Å². The molecule has 4 heteroatoms. The highest BCUT2D eigenvalue weighted by molar-refractivity contribution is 6.36. The molecule has 0 aromatic heterocycles. The van der Waals surface area contributed by atoms with Crippen LogP contribution in [0, 0.1) is 0 Å². The number of rotatable bonds is 3. The first-order chi connectivity index (χ1) is 10.1. The Morgan fingerprint density at radius 1 is 1.05 bits per heavy atom. The van der Waals surface area contributed by atoms with Crippen LogP contribution in [-0.4, -0.2) is 11.8 Å². The van der Waals surface area contributed by atoms with E-state index in [0.29, 0.717) is 15.6 Å². The maximum Gasteiger partial charge on any atom is 0.154 e. The van der Waals surface area contributed by atoms with Gasteiger partial charge >= 0.3 is 0 Å². The van der Waals surface area contributed by atoms with Crippen molar-refractivity contribution in [1.82, 2.24) is 5.32 Å². The topological polar surface area (TPSA) is 29.1 Å². The first-order valence-corrected chi connectivity index (χ1v) is 7.66. The van der Waals surface area contributed by atoms with E-state index in [-0.39, 0.29) is 18.2 Å². The lowest BCUT2D eigenvalue weighted by Gasteiger charge is -2.25. The van der Waals surface area contributed by atoms with Crippen molar-refractivity contribution >= 4 is 29.0 Å². The number of hydrogen-bond donors (Lipinski definition) is 1. The summed E-state index contributed by atoms with van der Waals surface area (Å²) in [6.45, 7) is 0.725. The van der Waals surface area contributed by atoms with Gasteiger partial charge in [-0.05, 0) is 35.2 Å². The Labute approximate surface area is 134 Å². The Morgan fingerprint density at radius 3 is 2.43 bits per heavy atom. The van der Waals surface area contributed by atoms with E-state index in [1.807, 2.05) is 12.1 Å². The van der Waals surface area contributed by atoms with Crippen LogP contribution in [0.3, 0.4) is 0 Å². The van der Waals surface area contributed by atoms with Crippen molar-refractivity contribution in [1.29, 1.82) is 0 Å². The lowest BCUT2D eigenvalue weighted by molar-refractivity contribution is -0.120. The van der Waals surface area contributed by atoms with Crippen molar-refractivity contribution in [3.05, 3.63) is 69.2 Å². The van der Waals surface area contributed by atoms with Crippen molar-refractivity contribution in [3.8, 4) is 0 Å². The molecule has 3 rings (SSSR count). The van der Waals surface area contributed by atoms with Gasteiger partial charge in [0.05, 0.1) is 6.04 Å². The van der Waals surface area contributed by atoms with E-state index in [1.165, 1.54) is 11.1 Å². The predicted octanol–water partition coefficient (Wildman–Crippen LogP) is 3.82. The average molecular weight is 320 g/mol. The molecule has 108 valence electrons. The van der Waals surface area contributed by atoms with Gasteiger partial charge in [-0.1, -0.05) is 53.5 Å². The highest BCUT2D eigenvalue weighted by Gasteiger charge is 2.24. The zero-order valence-electron chi connectivity index (χ0n) is 11.4. The standard InChI is InChI=1S/C17H15Cl2NO/c18-14-6-3-7-15(19)13(14)9-17(21)16-8-11-4-1-2-5-12(11)10-20-16/h1-7,16,20H,8-10H2. The van der Waals surface area contributed by atoms with Crippen molar-refractivity contribution in [2.24, 2.45) is 0 Å². The van der Waals surface area contributed by atoms with Crippen LogP contribution < -0.4 is 5.32 Å². The number of benzene rings is 2. The van der Waals surface area contributed by atoms with Crippen molar-refractivity contribution in [3.63, 3.8) is 0 Å². The van der Waals surface area contributed by atoms with Crippen LogP contribution in [-0.2, 0) is 24.2 Å². The molecule has 0 saturated carbocycles. The summed E-state index contributed by atoms with van der Waals surface area (Å²) in [6, 6.07) is 13.3. The van der Waals surface area contributed by atoms with Crippen LogP contribution in [0.2, 0.25) is 10.0 Å². The van der Waals surface area contributed by atoms with Gasteiger partial charge in [-0.3, -0.25) is 4.79 Å². The molecule has 0 fully saturated rings. The Bertz CT molecular complexity index is 664. The van der Waals surface area contributed by atoms with Crippen LogP contribution in [0.4, 0.5) is 0 Å². The maximum atomic E-state index is 12.5. The van der Waals surface area contributed by atoms with E-state index in [4.69, 9.17) is 23.2 Å². The number of halogens is 2. The number of hydrogen-bond acceptors (Lipinski definition) is 2. The minimum absolute atomic E-state index is 0.125. The van der Waals surface area contributed by atoms with E-state index in [1.54, 1.807) is 18.2 Å². The Balaban J connectivity index is 1.76. The summed E-state index contributed by atoms with van der Waals surface area (Å²) in [5.74, 6) is 0.125. The molecule has 1 aliphatic rings. The van der Waals surface area contributed by atoms with Crippen LogP contribution in [0.1, 0.15) is 16.7 Å². The maximum absolute atomic E-state index is 12.5. The lowest BCUT2D eigenvalue weighted by atomic mass is 9.91. The number of fused-ring (bicyclic) bond motifs is 1. The molecule has 1 unspecified atom stereocenters. The van der Waals surface area contributed by atoms with Crippen LogP contribution in [0.25, 0.3) is 0 Å². The van der Waals surface area contributed by atoms with E-state index in [0.717, 1.165) is 13.0 Å². The van der Waals surface area contributed by atoms with Gasteiger partial charge in [-0.25, -0.2) is 0 Å². The molecule has 2 nitrogen and oxygen atoms in total. The van der Waals surface area contributed by atoms with E-state index >= 15 is 0 Å². The molecule has 2 aromatic rings. The summed E-state index contributed by atoms with van der Waals surface area (Å²) in [5.41, 5.74) is 3.21. The Morgan fingerprint density at radius 2 is 1.71 bits per heavy atom. The fourth-order valence-corrected chi connectivity index (χ4v) is 3.21. The molecule has 0 amide bonds. The van der Waals surface area contributed by atoms with Gasteiger partial charge in [-0.15, -0.1) is 0 Å². The number of carbonyl (C=O) groups excluding carboxylic acids is 1. The van der Waals surface area contributed by atoms with Gasteiger partial charge in [0, 0.05) is 23.0 Å². The quantitative estimate of drug-likeness (QED) is 0.931. The van der Waals surface area contributed by atoms with Gasteiger partial charge in [-0.2, -0.15) is 0 Å². The third-order valence-corrected chi connectivity index (χ3v) is 4.59. The summed E-state index contributed by atoms with van der Waals surface area (Å²) in [7, 11) is 0. The van der Waals surface area contributed by atoms with Gasteiger partial charge < -0.3 is 5.32 Å². The van der Waals surface area contributed by atoms with Gasteiger partial charge in [0.25, 0.3) is 0 Å². The van der Waals surface area contributed by atoms with E-state index < -0.39 is 0 Å². The third kappa shape index (κ3) is 3.13. The summed E-state index contributed by atoms with van der Waals surface area (Å²) in [6.07, 6.45) is 0.982. The second kappa shape index (κ2) is 6.18. The number of nitrogens with one attached hydrogen (secondary N) is 1. The van der Waals surface area contributed by atoms with Gasteiger partial charge in [0.2, 0.25) is 0 Å². The van der Waals surface area contributed by atoms with Crippen molar-refractivity contribution in [2.75, 3.05) is 0 Å². The summed E-state index contributed by atoms with van der Waals surface area (Å²) in [4.78, 5) is 12.5. The lowest BCUT2D eigenvalue weighted by Crippen LogP contribution is -2.42. The smallest absolute Gasteiger partial charge is 0.154 e. The molecule has 21 heavy (non-hydrogen) atoms. The molecule has 0 spiro atoms. The molecule has 0 saturated heterocycles. The third-order valence-electron chi connectivity index (χ3n) is 3.88. The summed E-state index contributed by atoms with van der Waals surface area (Å²) < 4.78 is 0. The fraction of sp³-hybridized carbons (Fsp3) is 0.235. The van der Waals surface area contributed by atoms with Crippen LogP contribution in [0.15, 0.2) is 42.5 Å². The molecular formula is C17H15Cl2NO. The minimum atomic E-state index is -0.174. The highest BCUT2D eigenvalue weighted by atomic mass is 35.5. The zero-order chi connectivity index (χ0) is 14.8. The molecule has 2 aromatic carbocycles. The Hall–Kier alpha value is -1.35. The van der Waals surface area contributed by atoms with E-state index in [2.05, 4.69) is 17.4 Å². The van der Waals surface area contributed by atoms with E-state index in [9.17, 15) is 4.79 Å². The Kier molecular flexibility index (Phi) is 4.29. The molecule has 1 atom stereocenters. The SMILES string of the molecule is O=C(Cc1c(Cl)cccc1Cl)C1Cc2ccccc2CN1. The summed E-state index contributed by atoms with van der Waals surface area (Å²) in [5, 5.41) is 4.39. The normalized spacial score (nSPS) is 17.3. The summed E-state index contributed by atoms with van der Waals surface area (Å²) >= 11 is 12.3. The minimum Gasteiger partial charge on any atom is -0.303 e. The first-order valence-electron chi connectivity index (χ1n) is 6.91. The second-order valence-electron chi connectivity index (χ2n) is 5.25. The number of carbonyl (C=O) groups is 1.